The van der Waals surface area contributed by atoms with Crippen LogP contribution >= 0.6 is 0 Å². The first-order chi connectivity index (χ1) is 10.8. The minimum atomic E-state index is -0.0151. The molecule has 0 spiro atoms. The zero-order chi connectivity index (χ0) is 15.4. The maximum Gasteiger partial charge on any atom is 0.252 e. The average molecular weight is 301 g/mol. The molecule has 0 aliphatic heterocycles. The highest BCUT2D eigenvalue weighted by Crippen LogP contribution is 2.17. The zero-order valence-corrected chi connectivity index (χ0v) is 13.0. The Labute approximate surface area is 130 Å². The van der Waals surface area contributed by atoms with Crippen LogP contribution < -0.4 is 15.6 Å². The molecule has 3 rings (SSSR count). The molecule has 0 saturated heterocycles. The number of rotatable bonds is 5. The van der Waals surface area contributed by atoms with E-state index in [1.54, 1.807) is 17.7 Å². The van der Waals surface area contributed by atoms with Crippen molar-refractivity contribution in [2.75, 3.05) is 13.7 Å². The van der Waals surface area contributed by atoms with Gasteiger partial charge in [0.25, 0.3) is 5.56 Å². The summed E-state index contributed by atoms with van der Waals surface area (Å²) < 4.78 is 6.90. The Balaban J connectivity index is 1.76. The van der Waals surface area contributed by atoms with Crippen LogP contribution in [0.25, 0.3) is 11.0 Å². The lowest BCUT2D eigenvalue weighted by Crippen LogP contribution is -2.35. The summed E-state index contributed by atoms with van der Waals surface area (Å²) in [5, 5.41) is 4.53. The van der Waals surface area contributed by atoms with Crippen LogP contribution in [0.5, 0.6) is 5.88 Å². The van der Waals surface area contributed by atoms with Crippen molar-refractivity contribution in [1.29, 1.82) is 0 Å². The van der Waals surface area contributed by atoms with Gasteiger partial charge in [0.05, 0.1) is 7.11 Å². The first-order valence-corrected chi connectivity index (χ1v) is 8.06. The second kappa shape index (κ2) is 6.92. The summed E-state index contributed by atoms with van der Waals surface area (Å²) >= 11 is 0. The van der Waals surface area contributed by atoms with Crippen LogP contribution in [0.15, 0.2) is 29.1 Å². The van der Waals surface area contributed by atoms with Gasteiger partial charge < -0.3 is 10.1 Å². The molecule has 5 nitrogen and oxygen atoms in total. The van der Waals surface area contributed by atoms with Crippen LogP contribution in [0.3, 0.4) is 0 Å². The highest BCUT2D eigenvalue weighted by atomic mass is 16.5. The van der Waals surface area contributed by atoms with Gasteiger partial charge in [-0.05, 0) is 25.0 Å². The third-order valence-electron chi connectivity index (χ3n) is 4.39. The molecular weight excluding hydrogens is 278 g/mol. The molecule has 5 heteroatoms. The molecule has 1 aliphatic rings. The number of pyridine rings is 2. The molecule has 2 aromatic rings. The standard InChI is InChI=1S/C17H23N3O2/c1-22-15-9-7-13-8-10-16(21)20(17(13)19-15)12-11-18-14-5-3-2-4-6-14/h7-10,14,18H,2-6,11-12H2,1H3. The van der Waals surface area contributed by atoms with E-state index < -0.39 is 0 Å². The van der Waals surface area contributed by atoms with Gasteiger partial charge in [0.1, 0.15) is 5.65 Å². The van der Waals surface area contributed by atoms with Gasteiger partial charge >= 0.3 is 0 Å². The summed E-state index contributed by atoms with van der Waals surface area (Å²) in [6.45, 7) is 1.43. The molecule has 0 bridgehead atoms. The van der Waals surface area contributed by atoms with Gasteiger partial charge in [-0.1, -0.05) is 19.3 Å². The van der Waals surface area contributed by atoms with E-state index in [0.29, 0.717) is 24.1 Å². The Morgan fingerprint density at radius 3 is 2.77 bits per heavy atom. The van der Waals surface area contributed by atoms with Crippen molar-refractivity contribution >= 4 is 11.0 Å². The summed E-state index contributed by atoms with van der Waals surface area (Å²) in [6.07, 6.45) is 6.47. The fourth-order valence-corrected chi connectivity index (χ4v) is 3.16. The molecular formula is C17H23N3O2. The van der Waals surface area contributed by atoms with E-state index in [9.17, 15) is 4.79 Å². The largest absolute Gasteiger partial charge is 0.481 e. The van der Waals surface area contributed by atoms with Gasteiger partial charge in [-0.25, -0.2) is 0 Å². The third-order valence-corrected chi connectivity index (χ3v) is 4.39. The van der Waals surface area contributed by atoms with E-state index in [4.69, 9.17) is 4.74 Å². The number of nitrogens with one attached hydrogen (secondary N) is 1. The number of hydrogen-bond acceptors (Lipinski definition) is 4. The van der Waals surface area contributed by atoms with Gasteiger partial charge in [0, 0.05) is 36.7 Å². The highest BCUT2D eigenvalue weighted by molar-refractivity contribution is 5.75. The molecule has 0 aromatic carbocycles. The van der Waals surface area contributed by atoms with E-state index in [1.807, 2.05) is 18.2 Å². The Kier molecular flexibility index (Phi) is 4.73. The van der Waals surface area contributed by atoms with Crippen molar-refractivity contribution in [3.05, 3.63) is 34.6 Å². The first kappa shape index (κ1) is 15.0. The monoisotopic (exact) mass is 301 g/mol. The highest BCUT2D eigenvalue weighted by Gasteiger charge is 2.12. The van der Waals surface area contributed by atoms with Crippen LogP contribution in [0.1, 0.15) is 32.1 Å². The van der Waals surface area contributed by atoms with Crippen LogP contribution in [0, 0.1) is 0 Å². The van der Waals surface area contributed by atoms with E-state index in [0.717, 1.165) is 11.9 Å². The molecule has 118 valence electrons. The normalized spacial score (nSPS) is 16.0. The van der Waals surface area contributed by atoms with Crippen LogP contribution in [0.4, 0.5) is 0 Å². The van der Waals surface area contributed by atoms with Crippen LogP contribution in [-0.2, 0) is 6.54 Å². The molecule has 1 saturated carbocycles. The number of ether oxygens (including phenoxy) is 1. The summed E-state index contributed by atoms with van der Waals surface area (Å²) in [6, 6.07) is 7.77. The van der Waals surface area contributed by atoms with Crippen molar-refractivity contribution in [3.63, 3.8) is 0 Å². The summed E-state index contributed by atoms with van der Waals surface area (Å²) in [5.74, 6) is 0.534. The number of hydrogen-bond donors (Lipinski definition) is 1. The quantitative estimate of drug-likeness (QED) is 0.921. The van der Waals surface area contributed by atoms with Crippen molar-refractivity contribution in [2.24, 2.45) is 0 Å². The van der Waals surface area contributed by atoms with Gasteiger partial charge in [0.15, 0.2) is 0 Å². The molecule has 22 heavy (non-hydrogen) atoms. The molecule has 0 atom stereocenters. The Morgan fingerprint density at radius 1 is 1.23 bits per heavy atom. The lowest BCUT2D eigenvalue weighted by Gasteiger charge is -2.23. The van der Waals surface area contributed by atoms with E-state index >= 15 is 0 Å². The Morgan fingerprint density at radius 2 is 2.00 bits per heavy atom. The average Bonchev–Trinajstić information content (AvgIpc) is 2.57. The molecule has 1 fully saturated rings. The number of fused-ring (bicyclic) bond motifs is 1. The molecule has 0 radical (unpaired) electrons. The smallest absolute Gasteiger partial charge is 0.252 e. The van der Waals surface area contributed by atoms with Crippen LogP contribution in [-0.4, -0.2) is 29.2 Å². The van der Waals surface area contributed by atoms with Gasteiger partial charge in [-0.2, -0.15) is 4.98 Å². The molecule has 1 aliphatic carbocycles. The third kappa shape index (κ3) is 3.30. The van der Waals surface area contributed by atoms with Crippen molar-refractivity contribution < 1.29 is 4.74 Å². The Hall–Kier alpha value is -1.88. The molecule has 2 aromatic heterocycles. The minimum Gasteiger partial charge on any atom is -0.481 e. The van der Waals surface area contributed by atoms with Gasteiger partial charge in [0.2, 0.25) is 5.88 Å². The summed E-state index contributed by atoms with van der Waals surface area (Å²) in [5.41, 5.74) is 0.677. The number of aromatic nitrogens is 2. The van der Waals surface area contributed by atoms with Crippen LogP contribution in [0.2, 0.25) is 0 Å². The summed E-state index contributed by atoms with van der Waals surface area (Å²) in [7, 11) is 1.59. The lowest BCUT2D eigenvalue weighted by molar-refractivity contribution is 0.367. The van der Waals surface area contributed by atoms with Crippen molar-refractivity contribution in [2.45, 2.75) is 44.7 Å². The van der Waals surface area contributed by atoms with E-state index in [1.165, 1.54) is 32.1 Å². The SMILES string of the molecule is COc1ccc2ccc(=O)n(CCNC3CCCCC3)c2n1. The molecule has 2 heterocycles. The van der Waals surface area contributed by atoms with Crippen molar-refractivity contribution in [1.82, 2.24) is 14.9 Å². The Bertz CT molecular complexity index is 690. The van der Waals surface area contributed by atoms with Gasteiger partial charge in [-0.3, -0.25) is 9.36 Å². The fourth-order valence-electron chi connectivity index (χ4n) is 3.16. The zero-order valence-electron chi connectivity index (χ0n) is 13.0. The predicted molar refractivity (Wildman–Crippen MR) is 87.4 cm³/mol. The first-order valence-electron chi connectivity index (χ1n) is 8.06. The fraction of sp³-hybridized carbons (Fsp3) is 0.529. The maximum absolute atomic E-state index is 12.2. The summed E-state index contributed by atoms with van der Waals surface area (Å²) in [4.78, 5) is 16.6. The minimum absolute atomic E-state index is 0.0151. The number of methoxy groups -OCH3 is 1. The maximum atomic E-state index is 12.2. The van der Waals surface area contributed by atoms with Gasteiger partial charge in [-0.15, -0.1) is 0 Å². The molecule has 0 unspecified atom stereocenters. The second-order valence-corrected chi connectivity index (χ2v) is 5.88. The molecule has 0 amide bonds. The van der Waals surface area contributed by atoms with E-state index in [-0.39, 0.29) is 5.56 Å². The number of nitrogens with zero attached hydrogens (tertiary/aromatic N) is 2. The molecule has 1 N–H and O–H groups in total. The lowest BCUT2D eigenvalue weighted by atomic mass is 9.95. The van der Waals surface area contributed by atoms with Crippen molar-refractivity contribution in [3.8, 4) is 5.88 Å². The topological polar surface area (TPSA) is 56.1 Å². The second-order valence-electron chi connectivity index (χ2n) is 5.88. The predicted octanol–water partition coefficient (Wildman–Crippen LogP) is 2.33. The van der Waals surface area contributed by atoms with E-state index in [2.05, 4.69) is 10.3 Å².